The molecule has 2 N–H and O–H groups in total. The average Bonchev–Trinajstić information content (AvgIpc) is 2.86. The van der Waals surface area contributed by atoms with E-state index in [0.29, 0.717) is 11.4 Å². The summed E-state index contributed by atoms with van der Waals surface area (Å²) in [6.45, 7) is 4.58. The summed E-state index contributed by atoms with van der Waals surface area (Å²) < 4.78 is 1.78. The lowest BCUT2D eigenvalue weighted by atomic mass is 10.2. The van der Waals surface area contributed by atoms with E-state index in [1.54, 1.807) is 29.4 Å². The second-order valence-electron chi connectivity index (χ2n) is 4.45. The molecule has 2 aromatic rings. The molecule has 0 aliphatic heterocycles. The highest BCUT2D eigenvalue weighted by molar-refractivity contribution is 5.99. The van der Waals surface area contributed by atoms with Crippen molar-refractivity contribution in [1.29, 1.82) is 0 Å². The summed E-state index contributed by atoms with van der Waals surface area (Å²) in [7, 11) is 1.84. The molecule has 0 saturated carbocycles. The van der Waals surface area contributed by atoms with Gasteiger partial charge >= 0.3 is 0 Å². The molecule has 0 aliphatic carbocycles. The predicted molar refractivity (Wildman–Crippen MR) is 75.3 cm³/mol. The van der Waals surface area contributed by atoms with Gasteiger partial charge in [-0.25, -0.2) is 0 Å². The van der Waals surface area contributed by atoms with Gasteiger partial charge in [0.2, 0.25) is 0 Å². The number of pyridine rings is 1. The summed E-state index contributed by atoms with van der Waals surface area (Å²) >= 11 is 0. The molecule has 20 heavy (non-hydrogen) atoms. The van der Waals surface area contributed by atoms with E-state index in [4.69, 9.17) is 0 Å². The number of nitrogens with one attached hydrogen (secondary N) is 2. The Hall–Kier alpha value is -2.44. The molecule has 1 amide bonds. The number of amides is 1. The fourth-order valence-electron chi connectivity index (χ4n) is 1.94. The minimum atomic E-state index is -0.232. The van der Waals surface area contributed by atoms with Crippen LogP contribution in [-0.4, -0.2) is 32.2 Å². The van der Waals surface area contributed by atoms with E-state index in [1.165, 1.54) is 0 Å². The summed E-state index contributed by atoms with van der Waals surface area (Å²) in [6, 6.07) is 1.55. The number of hydrogen-bond donors (Lipinski definition) is 2. The molecule has 0 fully saturated rings. The first kappa shape index (κ1) is 14.0. The molecular formula is C13H18N6O. The summed E-state index contributed by atoms with van der Waals surface area (Å²) in [5.41, 5.74) is 1.29. The Morgan fingerprint density at radius 3 is 2.95 bits per heavy atom. The number of carbonyl (C=O) groups is 1. The fourth-order valence-corrected chi connectivity index (χ4v) is 1.94. The highest BCUT2D eigenvalue weighted by Gasteiger charge is 2.17. The molecule has 7 nitrogen and oxygen atoms in total. The van der Waals surface area contributed by atoms with E-state index in [2.05, 4.69) is 25.8 Å². The van der Waals surface area contributed by atoms with Crippen molar-refractivity contribution in [3.63, 3.8) is 0 Å². The fraction of sp³-hybridized carbons (Fsp3) is 0.385. The molecule has 0 aromatic carbocycles. The Balaban J connectivity index is 2.14. The first-order valence-electron chi connectivity index (χ1n) is 6.46. The Morgan fingerprint density at radius 1 is 1.50 bits per heavy atom. The summed E-state index contributed by atoms with van der Waals surface area (Å²) in [6.07, 6.45) is 4.81. The van der Waals surface area contributed by atoms with Crippen molar-refractivity contribution in [1.82, 2.24) is 25.1 Å². The smallest absolute Gasteiger partial charge is 0.255 e. The molecule has 1 atom stereocenters. The summed E-state index contributed by atoms with van der Waals surface area (Å²) in [4.78, 5) is 16.3. The van der Waals surface area contributed by atoms with Gasteiger partial charge in [0, 0.05) is 26.0 Å². The first-order valence-corrected chi connectivity index (χ1v) is 6.46. The average molecular weight is 274 g/mol. The monoisotopic (exact) mass is 274 g/mol. The predicted octanol–water partition coefficient (Wildman–Crippen LogP) is 1.13. The standard InChI is InChI=1S/C13H18N6O/c1-4-15-11-5-6-14-7-10(11)13(20)17-9(2)12-18-16-8-19(12)3/h5-9H,4H2,1-3H3,(H,14,15)(H,17,20). The quantitative estimate of drug-likeness (QED) is 0.854. The summed E-state index contributed by atoms with van der Waals surface area (Å²) in [5, 5.41) is 13.8. The highest BCUT2D eigenvalue weighted by atomic mass is 16.1. The van der Waals surface area contributed by atoms with Crippen LogP contribution in [0, 0.1) is 0 Å². The van der Waals surface area contributed by atoms with Gasteiger partial charge in [0.1, 0.15) is 6.33 Å². The van der Waals surface area contributed by atoms with Gasteiger partial charge in [-0.15, -0.1) is 10.2 Å². The second-order valence-corrected chi connectivity index (χ2v) is 4.45. The molecule has 0 saturated heterocycles. The first-order chi connectivity index (χ1) is 9.63. The lowest BCUT2D eigenvalue weighted by molar-refractivity contribution is 0.0938. The van der Waals surface area contributed by atoms with Crippen LogP contribution in [0.4, 0.5) is 5.69 Å². The van der Waals surface area contributed by atoms with Gasteiger partial charge in [-0.2, -0.15) is 0 Å². The zero-order valence-corrected chi connectivity index (χ0v) is 11.8. The van der Waals surface area contributed by atoms with Crippen molar-refractivity contribution >= 4 is 11.6 Å². The molecule has 2 aromatic heterocycles. The topological polar surface area (TPSA) is 84.7 Å². The molecule has 0 spiro atoms. The molecule has 1 unspecified atom stereocenters. The third kappa shape index (κ3) is 2.93. The van der Waals surface area contributed by atoms with Crippen molar-refractivity contribution in [2.45, 2.75) is 19.9 Å². The molecular weight excluding hydrogens is 256 g/mol. The van der Waals surface area contributed by atoms with Crippen LogP contribution in [0.25, 0.3) is 0 Å². The maximum atomic E-state index is 12.3. The van der Waals surface area contributed by atoms with Crippen LogP contribution in [0.3, 0.4) is 0 Å². The summed E-state index contributed by atoms with van der Waals surface area (Å²) in [5.74, 6) is 0.511. The zero-order chi connectivity index (χ0) is 14.5. The van der Waals surface area contributed by atoms with E-state index in [0.717, 1.165) is 12.2 Å². The van der Waals surface area contributed by atoms with Gasteiger partial charge < -0.3 is 15.2 Å². The lowest BCUT2D eigenvalue weighted by Crippen LogP contribution is -2.29. The van der Waals surface area contributed by atoms with Crippen LogP contribution in [0.5, 0.6) is 0 Å². The molecule has 0 aliphatic rings. The number of aromatic nitrogens is 4. The number of aryl methyl sites for hydroxylation is 1. The van der Waals surface area contributed by atoms with Gasteiger partial charge in [-0.3, -0.25) is 9.78 Å². The largest absolute Gasteiger partial charge is 0.385 e. The molecule has 0 radical (unpaired) electrons. The number of rotatable bonds is 5. The number of anilines is 1. The van der Waals surface area contributed by atoms with E-state index in [9.17, 15) is 4.79 Å². The minimum Gasteiger partial charge on any atom is -0.385 e. The normalized spacial score (nSPS) is 11.9. The van der Waals surface area contributed by atoms with E-state index >= 15 is 0 Å². The lowest BCUT2D eigenvalue weighted by Gasteiger charge is -2.15. The van der Waals surface area contributed by atoms with Crippen molar-refractivity contribution in [3.05, 3.63) is 36.2 Å². The van der Waals surface area contributed by atoms with Crippen molar-refractivity contribution in [2.75, 3.05) is 11.9 Å². The Bertz CT molecular complexity index is 594. The molecule has 0 bridgehead atoms. The Morgan fingerprint density at radius 2 is 2.30 bits per heavy atom. The van der Waals surface area contributed by atoms with Crippen molar-refractivity contribution < 1.29 is 4.79 Å². The Kier molecular flexibility index (Phi) is 4.29. The van der Waals surface area contributed by atoms with Gasteiger partial charge in [-0.05, 0) is 19.9 Å². The van der Waals surface area contributed by atoms with Gasteiger partial charge in [0.15, 0.2) is 5.82 Å². The molecule has 106 valence electrons. The van der Waals surface area contributed by atoms with Crippen LogP contribution in [0.1, 0.15) is 36.1 Å². The SMILES string of the molecule is CCNc1ccncc1C(=O)NC(C)c1nncn1C. The van der Waals surface area contributed by atoms with Crippen LogP contribution in [-0.2, 0) is 7.05 Å². The number of nitrogens with zero attached hydrogens (tertiary/aromatic N) is 4. The van der Waals surface area contributed by atoms with Crippen LogP contribution in [0.2, 0.25) is 0 Å². The molecule has 2 heterocycles. The molecule has 7 heteroatoms. The minimum absolute atomic E-state index is 0.190. The third-order valence-electron chi connectivity index (χ3n) is 2.91. The number of hydrogen-bond acceptors (Lipinski definition) is 5. The van der Waals surface area contributed by atoms with Crippen LogP contribution >= 0.6 is 0 Å². The van der Waals surface area contributed by atoms with Gasteiger partial charge in [0.25, 0.3) is 5.91 Å². The Labute approximate surface area is 117 Å². The molecule has 2 rings (SSSR count). The van der Waals surface area contributed by atoms with Gasteiger partial charge in [0.05, 0.1) is 17.3 Å². The highest BCUT2D eigenvalue weighted by Crippen LogP contribution is 2.15. The van der Waals surface area contributed by atoms with Crippen molar-refractivity contribution in [2.24, 2.45) is 7.05 Å². The number of carbonyl (C=O) groups excluding carboxylic acids is 1. The maximum absolute atomic E-state index is 12.3. The van der Waals surface area contributed by atoms with Crippen LogP contribution in [0.15, 0.2) is 24.8 Å². The van der Waals surface area contributed by atoms with E-state index in [-0.39, 0.29) is 11.9 Å². The van der Waals surface area contributed by atoms with E-state index < -0.39 is 0 Å². The maximum Gasteiger partial charge on any atom is 0.255 e. The van der Waals surface area contributed by atoms with Gasteiger partial charge in [-0.1, -0.05) is 0 Å². The van der Waals surface area contributed by atoms with Crippen molar-refractivity contribution in [3.8, 4) is 0 Å². The van der Waals surface area contributed by atoms with E-state index in [1.807, 2.05) is 20.9 Å². The van der Waals surface area contributed by atoms with Crippen LogP contribution < -0.4 is 10.6 Å². The third-order valence-corrected chi connectivity index (χ3v) is 2.91. The zero-order valence-electron chi connectivity index (χ0n) is 11.8. The second kappa shape index (κ2) is 6.14.